The average molecular weight is 264 g/mol. The summed E-state index contributed by atoms with van der Waals surface area (Å²) in [6.07, 6.45) is 1.47. The Bertz CT molecular complexity index is 575. The zero-order chi connectivity index (χ0) is 13.0. The van der Waals surface area contributed by atoms with E-state index in [-0.39, 0.29) is 11.6 Å². The Hall–Kier alpha value is -2.14. The van der Waals surface area contributed by atoms with E-state index < -0.39 is 5.97 Å². The van der Waals surface area contributed by atoms with E-state index in [2.05, 4.69) is 20.0 Å². The van der Waals surface area contributed by atoms with Gasteiger partial charge in [0.25, 0.3) is 0 Å². The minimum atomic E-state index is -0.514. The largest absolute Gasteiger partial charge is 0.464 e. The van der Waals surface area contributed by atoms with Gasteiger partial charge in [0.15, 0.2) is 5.69 Å². The monoisotopic (exact) mass is 263 g/mol. The van der Waals surface area contributed by atoms with Crippen LogP contribution in [-0.2, 0) is 4.74 Å². The molecule has 0 spiro atoms. The number of carbonyl (C=O) groups is 1. The predicted octanol–water partition coefficient (Wildman–Crippen LogP) is 2.66. The molecule has 1 aromatic carbocycles. The van der Waals surface area contributed by atoms with E-state index in [9.17, 15) is 4.79 Å². The molecule has 18 heavy (non-hydrogen) atoms. The molecule has 0 aliphatic rings. The van der Waals surface area contributed by atoms with E-state index in [1.54, 1.807) is 12.1 Å². The molecule has 0 aliphatic carbocycles. The SMILES string of the molecule is COC(=O)c1ccnc(Nc2ccccc2Cl)n1. The molecule has 2 rings (SSSR count). The zero-order valence-electron chi connectivity index (χ0n) is 9.55. The Morgan fingerprint density at radius 2 is 2.11 bits per heavy atom. The smallest absolute Gasteiger partial charge is 0.356 e. The molecule has 1 aromatic heterocycles. The van der Waals surface area contributed by atoms with Crippen molar-refractivity contribution in [1.82, 2.24) is 9.97 Å². The number of methoxy groups -OCH3 is 1. The number of para-hydroxylation sites is 1. The fourth-order valence-corrected chi connectivity index (χ4v) is 1.50. The zero-order valence-corrected chi connectivity index (χ0v) is 10.3. The van der Waals surface area contributed by atoms with Crippen LogP contribution in [0.25, 0.3) is 0 Å². The summed E-state index contributed by atoms with van der Waals surface area (Å²) in [7, 11) is 1.30. The third-order valence-electron chi connectivity index (χ3n) is 2.17. The van der Waals surface area contributed by atoms with Gasteiger partial charge in [-0.3, -0.25) is 0 Å². The molecule has 1 heterocycles. The summed E-state index contributed by atoms with van der Waals surface area (Å²) in [4.78, 5) is 19.3. The second-order valence-corrected chi connectivity index (χ2v) is 3.77. The Labute approximate surface area is 109 Å². The number of benzene rings is 1. The van der Waals surface area contributed by atoms with Crippen LogP contribution in [0, 0.1) is 0 Å². The maximum atomic E-state index is 11.3. The standard InChI is InChI=1S/C12H10ClN3O2/c1-18-11(17)10-6-7-14-12(16-10)15-9-5-3-2-4-8(9)13/h2-7H,1H3,(H,14,15,16). The van der Waals surface area contributed by atoms with E-state index in [1.165, 1.54) is 19.4 Å². The number of ether oxygens (including phenoxy) is 1. The van der Waals surface area contributed by atoms with Crippen molar-refractivity contribution in [3.05, 3.63) is 47.2 Å². The van der Waals surface area contributed by atoms with Crippen LogP contribution in [0.4, 0.5) is 11.6 Å². The van der Waals surface area contributed by atoms with Gasteiger partial charge in [-0.25, -0.2) is 14.8 Å². The van der Waals surface area contributed by atoms with Gasteiger partial charge in [0.05, 0.1) is 17.8 Å². The highest BCUT2D eigenvalue weighted by molar-refractivity contribution is 6.33. The van der Waals surface area contributed by atoms with Gasteiger partial charge >= 0.3 is 5.97 Å². The summed E-state index contributed by atoms with van der Waals surface area (Å²) in [5.41, 5.74) is 0.850. The lowest BCUT2D eigenvalue weighted by atomic mass is 10.3. The first-order valence-corrected chi connectivity index (χ1v) is 5.51. The summed E-state index contributed by atoms with van der Waals surface area (Å²) in [6.45, 7) is 0. The van der Waals surface area contributed by atoms with Gasteiger partial charge in [-0.1, -0.05) is 23.7 Å². The average Bonchev–Trinajstić information content (AvgIpc) is 2.41. The molecule has 2 aromatic rings. The van der Waals surface area contributed by atoms with Crippen LogP contribution in [0.3, 0.4) is 0 Å². The number of nitrogens with one attached hydrogen (secondary N) is 1. The minimum absolute atomic E-state index is 0.182. The van der Waals surface area contributed by atoms with Crippen molar-refractivity contribution in [2.75, 3.05) is 12.4 Å². The lowest BCUT2D eigenvalue weighted by molar-refractivity contribution is 0.0594. The number of aromatic nitrogens is 2. The Morgan fingerprint density at radius 3 is 2.83 bits per heavy atom. The van der Waals surface area contributed by atoms with Crippen molar-refractivity contribution in [3.8, 4) is 0 Å². The van der Waals surface area contributed by atoms with E-state index in [1.807, 2.05) is 12.1 Å². The van der Waals surface area contributed by atoms with E-state index in [0.717, 1.165) is 0 Å². The molecular weight excluding hydrogens is 254 g/mol. The number of hydrogen-bond acceptors (Lipinski definition) is 5. The maximum absolute atomic E-state index is 11.3. The summed E-state index contributed by atoms with van der Waals surface area (Å²) < 4.78 is 4.58. The minimum Gasteiger partial charge on any atom is -0.464 e. The van der Waals surface area contributed by atoms with Crippen molar-refractivity contribution < 1.29 is 9.53 Å². The molecule has 0 unspecified atom stereocenters. The van der Waals surface area contributed by atoms with Crippen LogP contribution in [0.15, 0.2) is 36.5 Å². The van der Waals surface area contributed by atoms with Crippen molar-refractivity contribution >= 4 is 29.2 Å². The molecule has 6 heteroatoms. The number of anilines is 2. The van der Waals surface area contributed by atoms with Crippen LogP contribution in [0.1, 0.15) is 10.5 Å². The molecular formula is C12H10ClN3O2. The third kappa shape index (κ3) is 2.75. The maximum Gasteiger partial charge on any atom is 0.356 e. The second-order valence-electron chi connectivity index (χ2n) is 3.36. The third-order valence-corrected chi connectivity index (χ3v) is 2.50. The molecule has 0 saturated carbocycles. The molecule has 0 aliphatic heterocycles. The fourth-order valence-electron chi connectivity index (χ4n) is 1.32. The molecule has 1 N–H and O–H groups in total. The van der Waals surface area contributed by atoms with Gasteiger partial charge in [-0.05, 0) is 18.2 Å². The Morgan fingerprint density at radius 1 is 1.33 bits per heavy atom. The topological polar surface area (TPSA) is 64.1 Å². The number of nitrogens with zero attached hydrogens (tertiary/aromatic N) is 2. The number of rotatable bonds is 3. The van der Waals surface area contributed by atoms with Crippen LogP contribution in [0.2, 0.25) is 5.02 Å². The number of halogens is 1. The van der Waals surface area contributed by atoms with Gasteiger partial charge in [0.1, 0.15) is 0 Å². The van der Waals surface area contributed by atoms with Crippen molar-refractivity contribution in [1.29, 1.82) is 0 Å². The summed E-state index contributed by atoms with van der Waals surface area (Å²) >= 11 is 5.99. The van der Waals surface area contributed by atoms with Crippen molar-refractivity contribution in [3.63, 3.8) is 0 Å². The first kappa shape index (κ1) is 12.3. The lowest BCUT2D eigenvalue weighted by Gasteiger charge is -2.06. The van der Waals surface area contributed by atoms with Crippen molar-refractivity contribution in [2.45, 2.75) is 0 Å². The fraction of sp³-hybridized carbons (Fsp3) is 0.0833. The number of esters is 1. The highest BCUT2D eigenvalue weighted by Crippen LogP contribution is 2.22. The van der Waals surface area contributed by atoms with E-state index in [4.69, 9.17) is 11.6 Å². The molecule has 0 atom stereocenters. The molecule has 0 amide bonds. The summed E-state index contributed by atoms with van der Waals surface area (Å²) in [6, 6.07) is 8.66. The van der Waals surface area contributed by atoms with E-state index in [0.29, 0.717) is 10.7 Å². The molecule has 0 bridgehead atoms. The summed E-state index contributed by atoms with van der Waals surface area (Å²) in [5, 5.41) is 3.48. The van der Waals surface area contributed by atoms with Crippen LogP contribution < -0.4 is 5.32 Å². The first-order valence-electron chi connectivity index (χ1n) is 5.13. The van der Waals surface area contributed by atoms with Crippen LogP contribution >= 0.6 is 11.6 Å². The molecule has 0 fully saturated rings. The Balaban J connectivity index is 2.25. The van der Waals surface area contributed by atoms with Gasteiger partial charge in [-0.2, -0.15) is 0 Å². The number of carbonyl (C=O) groups excluding carboxylic acids is 1. The quantitative estimate of drug-likeness (QED) is 0.863. The number of hydrogen-bond donors (Lipinski definition) is 1. The van der Waals surface area contributed by atoms with E-state index >= 15 is 0 Å². The van der Waals surface area contributed by atoms with Gasteiger partial charge in [0.2, 0.25) is 5.95 Å². The van der Waals surface area contributed by atoms with Gasteiger partial charge < -0.3 is 10.1 Å². The highest BCUT2D eigenvalue weighted by Gasteiger charge is 2.09. The normalized spacial score (nSPS) is 9.89. The van der Waals surface area contributed by atoms with Crippen LogP contribution in [0.5, 0.6) is 0 Å². The molecule has 92 valence electrons. The molecule has 5 nitrogen and oxygen atoms in total. The lowest BCUT2D eigenvalue weighted by Crippen LogP contribution is -2.07. The van der Waals surface area contributed by atoms with Crippen LogP contribution in [-0.4, -0.2) is 23.0 Å². The predicted molar refractivity (Wildman–Crippen MR) is 68.1 cm³/mol. The van der Waals surface area contributed by atoms with Gasteiger partial charge in [-0.15, -0.1) is 0 Å². The van der Waals surface area contributed by atoms with Crippen molar-refractivity contribution in [2.24, 2.45) is 0 Å². The first-order chi connectivity index (χ1) is 8.70. The second kappa shape index (κ2) is 5.46. The Kier molecular flexibility index (Phi) is 3.74. The summed E-state index contributed by atoms with van der Waals surface area (Å²) in [5.74, 6) is -0.231. The van der Waals surface area contributed by atoms with Gasteiger partial charge in [0, 0.05) is 6.20 Å². The molecule has 0 saturated heterocycles. The highest BCUT2D eigenvalue weighted by atomic mass is 35.5. The molecule has 0 radical (unpaired) electrons.